The van der Waals surface area contributed by atoms with Crippen molar-refractivity contribution >= 4 is 76.9 Å². The molecule has 0 aliphatic carbocycles. The normalized spacial score (nSPS) is 11.9. The zero-order valence-corrected chi connectivity index (χ0v) is 44.8. The van der Waals surface area contributed by atoms with Crippen molar-refractivity contribution in [1.82, 2.24) is 21.1 Å². The molecule has 17 nitrogen and oxygen atoms in total. The Labute approximate surface area is 448 Å². The number of hydrogen-bond acceptors (Lipinski definition) is 15. The van der Waals surface area contributed by atoms with Crippen LogP contribution in [0.2, 0.25) is 20.5 Å². The van der Waals surface area contributed by atoms with Crippen LogP contribution in [0.4, 0.5) is 56.6 Å². The third-order valence-corrected chi connectivity index (χ3v) is 10.8. The maximum Gasteiger partial charge on any atom is 0.472 e. The number of benzene rings is 4. The van der Waals surface area contributed by atoms with Gasteiger partial charge in [0.1, 0.15) is 4.90 Å². The van der Waals surface area contributed by atoms with Gasteiger partial charge in [0.25, 0.3) is 0 Å². The summed E-state index contributed by atoms with van der Waals surface area (Å²) in [6.45, 7) is 18.2. The maximum atomic E-state index is 13.2. The molecule has 4 aromatic carbocycles. The van der Waals surface area contributed by atoms with Crippen molar-refractivity contribution in [2.45, 2.75) is 110 Å². The standard InChI is InChI=1S/C16H17BF3N3O4S.C10H12BClF3N3O.C10H13BF3N3O2.C8H19N.ClH/c1-17(24)21-11-12-6-5-7-13(10-12)22-23-15(16(18,19)20)27-28(25,26)14-8-3-2-4-9-14;1-11(19)16-6-7-3-2-4-8(5-7)17-18-9(12)10(13,14)15;1-11(19)15-6-7-3-2-4-8(5-7)16-17-9(18)10(12,13)14;1-6-9(7(2)3)8(4)5;/h2-10,21-22,24H,11H2,1H3;2-5,16-17,19H,6H2,1H3;2-5,15-16,19H,6H2,1H3,(H,17,18);7-8H,6H2,1-5H3;1H/b23-15-;18-9-;;;. The molecule has 422 valence electrons. The van der Waals surface area contributed by atoms with Gasteiger partial charge in [-0.25, -0.2) is 0 Å². The highest BCUT2D eigenvalue weighted by molar-refractivity contribution is 7.87. The highest BCUT2D eigenvalue weighted by Crippen LogP contribution is 2.24. The van der Waals surface area contributed by atoms with E-state index in [0.717, 1.165) is 35.3 Å². The number of halogens is 11. The molecule has 0 spiro atoms. The molecule has 0 fully saturated rings. The molecule has 0 bridgehead atoms. The third-order valence-electron chi connectivity index (χ3n) is 9.32. The molecule has 0 radical (unpaired) electrons. The van der Waals surface area contributed by atoms with E-state index in [1.165, 1.54) is 49.8 Å². The van der Waals surface area contributed by atoms with E-state index in [1.54, 1.807) is 78.6 Å². The van der Waals surface area contributed by atoms with E-state index in [0.29, 0.717) is 30.0 Å². The molecular formula is C44H62B3Cl2F9N10O7S. The summed E-state index contributed by atoms with van der Waals surface area (Å²) >= 11 is 4.97. The van der Waals surface area contributed by atoms with Gasteiger partial charge >= 0.3 is 61.6 Å². The summed E-state index contributed by atoms with van der Waals surface area (Å²) in [4.78, 5) is 11.9. The van der Waals surface area contributed by atoms with Crippen molar-refractivity contribution in [2.24, 2.45) is 10.2 Å². The van der Waals surface area contributed by atoms with Gasteiger partial charge in [0, 0.05) is 19.6 Å². The number of carbonyl (C=O) groups is 1. The van der Waals surface area contributed by atoms with Crippen molar-refractivity contribution in [3.63, 3.8) is 0 Å². The fourth-order valence-corrected chi connectivity index (χ4v) is 6.87. The van der Waals surface area contributed by atoms with Gasteiger partial charge in [-0.2, -0.15) is 53.0 Å². The minimum absolute atomic E-state index is 0. The first kappa shape index (κ1) is 70.7. The van der Waals surface area contributed by atoms with E-state index in [4.69, 9.17) is 21.6 Å². The van der Waals surface area contributed by atoms with Crippen molar-refractivity contribution < 1.29 is 89.3 Å². The lowest BCUT2D eigenvalue weighted by molar-refractivity contribution is -0.940. The summed E-state index contributed by atoms with van der Waals surface area (Å²) in [5.41, 5.74) is 11.1. The Kier molecular flexibility index (Phi) is 32.1. The highest BCUT2D eigenvalue weighted by atomic mass is 35.5. The summed E-state index contributed by atoms with van der Waals surface area (Å²) < 4.78 is 140. The van der Waals surface area contributed by atoms with E-state index in [1.807, 2.05) is 0 Å². The molecule has 11 N–H and O–H groups in total. The zero-order valence-electron chi connectivity index (χ0n) is 42.5. The summed E-state index contributed by atoms with van der Waals surface area (Å²) in [6.07, 6.45) is -14.7. The van der Waals surface area contributed by atoms with Gasteiger partial charge in [-0.15, -0.1) is 5.10 Å². The first-order valence-electron chi connectivity index (χ1n) is 22.7. The Hall–Kier alpha value is -5.30. The van der Waals surface area contributed by atoms with E-state index in [-0.39, 0.29) is 24.6 Å². The van der Waals surface area contributed by atoms with Crippen LogP contribution in [-0.4, -0.2) is 98.8 Å². The maximum absolute atomic E-state index is 13.2. The van der Waals surface area contributed by atoms with Crippen molar-refractivity contribution in [2.75, 3.05) is 22.8 Å². The second-order valence-electron chi connectivity index (χ2n) is 16.5. The fraction of sp³-hybridized carbons (Fsp3) is 0.386. The molecule has 0 aromatic heterocycles. The van der Waals surface area contributed by atoms with Crippen LogP contribution in [0.1, 0.15) is 51.3 Å². The lowest BCUT2D eigenvalue weighted by atomic mass is 9.88. The van der Waals surface area contributed by atoms with Crippen LogP contribution in [-0.2, 0) is 38.7 Å². The van der Waals surface area contributed by atoms with Gasteiger partial charge < -0.3 is 52.2 Å². The quantitative estimate of drug-likeness (QED) is 0.0152. The minimum Gasteiger partial charge on any atom is -1.00 e. The molecule has 32 heteroatoms. The molecule has 4 rings (SSSR count). The number of hydrazone groups is 2. The Bertz CT molecular complexity index is 2480. The fourth-order valence-electron chi connectivity index (χ4n) is 5.90. The third kappa shape index (κ3) is 30.4. The molecular weight excluding hydrogens is 1090 g/mol. The molecule has 4 aromatic rings. The molecule has 76 heavy (non-hydrogen) atoms. The second kappa shape index (κ2) is 34.5. The van der Waals surface area contributed by atoms with E-state index in [2.05, 4.69) is 81.0 Å². The van der Waals surface area contributed by atoms with E-state index >= 15 is 0 Å². The van der Waals surface area contributed by atoms with Crippen LogP contribution in [0.5, 0.6) is 0 Å². The molecule has 1 amide bonds. The van der Waals surface area contributed by atoms with E-state index in [9.17, 15) is 57.8 Å². The second-order valence-corrected chi connectivity index (χ2v) is 18.4. The molecule has 0 saturated carbocycles. The number of nitrogens with one attached hydrogen (secondary N) is 8. The van der Waals surface area contributed by atoms with Gasteiger partial charge in [0.15, 0.2) is 0 Å². The highest BCUT2D eigenvalue weighted by Gasteiger charge is 2.42. The Morgan fingerprint density at radius 2 is 1.03 bits per heavy atom. The summed E-state index contributed by atoms with van der Waals surface area (Å²) in [6, 6.07) is 27.1. The van der Waals surface area contributed by atoms with Crippen molar-refractivity contribution in [3.8, 4) is 0 Å². The molecule has 0 atom stereocenters. The summed E-state index contributed by atoms with van der Waals surface area (Å²) in [7, 11) is -6.83. The number of nitrogens with zero attached hydrogens (tertiary/aromatic N) is 2. The number of rotatable bonds is 20. The van der Waals surface area contributed by atoms with Crippen molar-refractivity contribution in [3.05, 3.63) is 120 Å². The van der Waals surface area contributed by atoms with Crippen molar-refractivity contribution in [1.29, 1.82) is 0 Å². The zero-order chi connectivity index (χ0) is 57.2. The predicted molar refractivity (Wildman–Crippen MR) is 276 cm³/mol. The lowest BCUT2D eigenvalue weighted by Gasteiger charge is -2.25. The minimum atomic E-state index is -5.14. The molecule has 0 saturated heterocycles. The topological polar surface area (TPSA) is 234 Å². The first-order valence-corrected chi connectivity index (χ1v) is 24.5. The molecule has 0 heterocycles. The van der Waals surface area contributed by atoms with Crippen LogP contribution in [0.15, 0.2) is 118 Å². The molecule has 0 aliphatic heterocycles. The van der Waals surface area contributed by atoms with Crippen LogP contribution in [0, 0.1) is 0 Å². The van der Waals surface area contributed by atoms with E-state index < -0.39 is 71.7 Å². The lowest BCUT2D eigenvalue weighted by Crippen LogP contribution is -3.17. The molecule has 0 unspecified atom stereocenters. The number of hydrogen-bond donors (Lipinski definition) is 11. The molecule has 0 aliphatic rings. The average molecular weight is 1150 g/mol. The van der Waals surface area contributed by atoms with Gasteiger partial charge in [-0.05, 0) is 120 Å². The smallest absolute Gasteiger partial charge is 0.472 e. The van der Waals surface area contributed by atoms with Gasteiger partial charge in [-0.3, -0.25) is 26.5 Å². The van der Waals surface area contributed by atoms with Gasteiger partial charge in [0.2, 0.25) is 5.17 Å². The largest absolute Gasteiger partial charge is 1.00 e. The number of quaternary nitrogens is 1. The number of carbonyl (C=O) groups excluding carboxylic acids is 1. The number of amides is 1. The average Bonchev–Trinajstić information content (AvgIpc) is 3.32. The van der Waals surface area contributed by atoms with Crippen LogP contribution in [0.3, 0.4) is 0 Å². The number of alkyl halides is 9. The Morgan fingerprint density at radius 3 is 1.37 bits per heavy atom. The summed E-state index contributed by atoms with van der Waals surface area (Å²) in [5, 5.41) is 40.2. The monoisotopic (exact) mass is 1150 g/mol. The Morgan fingerprint density at radius 1 is 0.632 bits per heavy atom. The van der Waals surface area contributed by atoms with Crippen LogP contribution >= 0.6 is 11.6 Å². The first-order chi connectivity index (χ1) is 34.7. The van der Waals surface area contributed by atoms with Crippen LogP contribution in [0.25, 0.3) is 0 Å². The summed E-state index contributed by atoms with van der Waals surface area (Å²) in [5.74, 6) is -4.02. The number of anilines is 3. The SMILES string of the molecule is CB(O)NCc1cccc(N/N=C(\Cl)C(F)(F)F)c1.CB(O)NCc1cccc(N/N=C(\OS(=O)(=O)c2ccccc2)C(F)(F)F)c1.CB(O)NCc1cccc(NNC(=O)C(F)(F)F)c1.CC[NH+](C(C)C)C(C)C.[Cl-]. The Balaban J connectivity index is 0.00000104. The number of hydrazine groups is 1. The van der Waals surface area contributed by atoms with Crippen LogP contribution < -0.4 is 54.7 Å². The van der Waals surface area contributed by atoms with Gasteiger partial charge in [0.05, 0.1) is 35.7 Å². The van der Waals surface area contributed by atoms with Gasteiger partial charge in [-0.1, -0.05) is 66.2 Å². The predicted octanol–water partition coefficient (Wildman–Crippen LogP) is 3.60.